The van der Waals surface area contributed by atoms with Crippen LogP contribution in [0.4, 0.5) is 23.7 Å². The minimum absolute atomic E-state index is 0.320. The Labute approximate surface area is 250 Å². The van der Waals surface area contributed by atoms with Gasteiger partial charge in [-0.1, -0.05) is 62.0 Å². The number of ether oxygens (including phenoxy) is 1. The zero-order valence-corrected chi connectivity index (χ0v) is 24.4. The number of urea groups is 1. The number of hydrogen-bond acceptors (Lipinski definition) is 6. The summed E-state index contributed by atoms with van der Waals surface area (Å²) in [5.41, 5.74) is 7.87. The highest BCUT2D eigenvalue weighted by Crippen LogP contribution is 2.33. The Morgan fingerprint density at radius 3 is 2.53 bits per heavy atom. The van der Waals surface area contributed by atoms with Gasteiger partial charge in [-0.15, -0.1) is 18.3 Å². The maximum absolute atomic E-state index is 12.6. The molecule has 2 amide bonds. The first kappa shape index (κ1) is 29.8. The number of alkyl halides is 3. The van der Waals surface area contributed by atoms with Crippen LogP contribution in [0.15, 0.2) is 83.2 Å². The fourth-order valence-corrected chi connectivity index (χ4v) is 5.36. The Hall–Kier alpha value is -4.65. The molecule has 4 aromatic rings. The van der Waals surface area contributed by atoms with E-state index in [1.54, 1.807) is 24.3 Å². The summed E-state index contributed by atoms with van der Waals surface area (Å²) < 4.78 is 42.5. The van der Waals surface area contributed by atoms with Gasteiger partial charge in [0.05, 0.1) is 11.9 Å². The second-order valence-electron chi connectivity index (χ2n) is 9.96. The molecule has 0 aliphatic carbocycles. The van der Waals surface area contributed by atoms with E-state index in [4.69, 9.17) is 0 Å². The zero-order chi connectivity index (χ0) is 30.6. The molecule has 13 heteroatoms. The SMILES string of the molecule is Cc1ccc(C(C)C)c(N2CCSC2=NC(=O)N/N=C/c2ccc(-c3ncn(-c4ccc(OC(F)(F)F)cc4)n3)cc2)c1. The number of carbonyl (C=O) groups excluding carboxylic acids is 1. The van der Waals surface area contributed by atoms with E-state index in [9.17, 15) is 18.0 Å². The normalized spacial score (nSPS) is 14.7. The van der Waals surface area contributed by atoms with Crippen molar-refractivity contribution < 1.29 is 22.7 Å². The second kappa shape index (κ2) is 12.7. The Kier molecular flexibility index (Phi) is 8.81. The van der Waals surface area contributed by atoms with Crippen LogP contribution in [0, 0.1) is 6.92 Å². The number of thioether (sulfide) groups is 1. The number of nitrogens with zero attached hydrogens (tertiary/aromatic N) is 6. The summed E-state index contributed by atoms with van der Waals surface area (Å²) >= 11 is 1.54. The number of anilines is 1. The summed E-state index contributed by atoms with van der Waals surface area (Å²) in [7, 11) is 0. The highest BCUT2D eigenvalue weighted by molar-refractivity contribution is 8.14. The molecule has 9 nitrogen and oxygen atoms in total. The predicted octanol–water partition coefficient (Wildman–Crippen LogP) is 6.92. The molecule has 0 unspecified atom stereocenters. The lowest BCUT2D eigenvalue weighted by Gasteiger charge is -2.23. The van der Waals surface area contributed by atoms with Gasteiger partial charge in [0.2, 0.25) is 0 Å². The van der Waals surface area contributed by atoms with Gasteiger partial charge in [0.25, 0.3) is 0 Å². The van der Waals surface area contributed by atoms with Gasteiger partial charge in [0.1, 0.15) is 12.1 Å². The molecule has 1 fully saturated rings. The molecule has 0 saturated carbocycles. The van der Waals surface area contributed by atoms with Crippen LogP contribution in [0.3, 0.4) is 0 Å². The minimum atomic E-state index is -4.75. The van der Waals surface area contributed by atoms with E-state index >= 15 is 0 Å². The third-order valence-corrected chi connectivity index (χ3v) is 7.40. The van der Waals surface area contributed by atoms with Crippen molar-refractivity contribution >= 4 is 34.9 Å². The molecule has 2 heterocycles. The Balaban J connectivity index is 1.20. The molecule has 1 saturated heterocycles. The van der Waals surface area contributed by atoms with Crippen molar-refractivity contribution in [1.29, 1.82) is 0 Å². The van der Waals surface area contributed by atoms with Gasteiger partial charge in [-0.05, 0) is 59.9 Å². The number of amides is 2. The Bertz CT molecular complexity index is 1650. The summed E-state index contributed by atoms with van der Waals surface area (Å²) in [6, 6.07) is 18.3. The molecule has 1 aromatic heterocycles. The average Bonchev–Trinajstić information content (AvgIpc) is 3.63. The lowest BCUT2D eigenvalue weighted by molar-refractivity contribution is -0.274. The molecule has 0 atom stereocenters. The first-order chi connectivity index (χ1) is 20.6. The zero-order valence-electron chi connectivity index (χ0n) is 23.5. The summed E-state index contributed by atoms with van der Waals surface area (Å²) in [5.74, 6) is 1.28. The summed E-state index contributed by atoms with van der Waals surface area (Å²) in [6.45, 7) is 7.11. The molecule has 0 radical (unpaired) electrons. The van der Waals surface area contributed by atoms with Gasteiger partial charge in [-0.25, -0.2) is 19.9 Å². The highest BCUT2D eigenvalue weighted by Gasteiger charge is 2.31. The van der Waals surface area contributed by atoms with Crippen LogP contribution in [0.2, 0.25) is 0 Å². The maximum atomic E-state index is 12.6. The number of benzene rings is 3. The second-order valence-corrected chi connectivity index (χ2v) is 11.0. The van der Waals surface area contributed by atoms with Crippen molar-refractivity contribution in [2.45, 2.75) is 33.1 Å². The fourth-order valence-electron chi connectivity index (χ4n) is 4.41. The summed E-state index contributed by atoms with van der Waals surface area (Å²) in [6.07, 6.45) is -1.78. The largest absolute Gasteiger partial charge is 0.573 e. The van der Waals surface area contributed by atoms with Crippen molar-refractivity contribution in [3.63, 3.8) is 0 Å². The molecule has 3 aromatic carbocycles. The quantitative estimate of drug-likeness (QED) is 0.181. The lowest BCUT2D eigenvalue weighted by atomic mass is 9.99. The van der Waals surface area contributed by atoms with E-state index in [0.29, 0.717) is 22.6 Å². The third kappa shape index (κ3) is 7.60. The first-order valence-corrected chi connectivity index (χ1v) is 14.4. The smallest absolute Gasteiger partial charge is 0.406 e. The van der Waals surface area contributed by atoms with Crippen LogP contribution < -0.4 is 15.1 Å². The molecule has 0 bridgehead atoms. The van der Waals surface area contributed by atoms with E-state index in [0.717, 1.165) is 34.7 Å². The number of amidine groups is 1. The van der Waals surface area contributed by atoms with Crippen molar-refractivity contribution in [2.24, 2.45) is 10.1 Å². The van der Waals surface area contributed by atoms with Gasteiger partial charge in [0, 0.05) is 23.5 Å². The van der Waals surface area contributed by atoms with Crippen molar-refractivity contribution in [1.82, 2.24) is 20.2 Å². The van der Waals surface area contributed by atoms with Gasteiger partial charge < -0.3 is 9.64 Å². The number of nitrogens with one attached hydrogen (secondary N) is 1. The number of aryl methyl sites for hydroxylation is 1. The van der Waals surface area contributed by atoms with E-state index in [1.807, 2.05) is 6.92 Å². The van der Waals surface area contributed by atoms with E-state index < -0.39 is 12.4 Å². The molecule has 1 N–H and O–H groups in total. The average molecular weight is 608 g/mol. The molecule has 222 valence electrons. The molecule has 1 aliphatic rings. The predicted molar refractivity (Wildman–Crippen MR) is 162 cm³/mol. The fraction of sp³-hybridized carbons (Fsp3) is 0.233. The minimum Gasteiger partial charge on any atom is -0.406 e. The monoisotopic (exact) mass is 607 g/mol. The Morgan fingerprint density at radius 2 is 1.84 bits per heavy atom. The first-order valence-electron chi connectivity index (χ1n) is 13.4. The standard InChI is InChI=1S/C30H28F3N7O2S/c1-19(2)25-13-4-20(3)16-26(25)39-14-15-43-29(39)36-28(41)37-35-17-21-5-7-22(8-6-21)27-34-18-40(38-27)23-9-11-24(12-10-23)42-30(31,32)33/h4-13,16-19H,14-15H2,1-3H3,(H,37,41)/b35-17+,36-29?. The molecular weight excluding hydrogens is 579 g/mol. The number of aliphatic imine (C=N–C) groups is 1. The molecule has 1 aliphatic heterocycles. The molecule has 5 rings (SSSR count). The van der Waals surface area contributed by atoms with Crippen molar-refractivity contribution in [3.05, 3.63) is 89.7 Å². The number of hydrazone groups is 1. The van der Waals surface area contributed by atoms with Crippen LogP contribution in [0.25, 0.3) is 17.1 Å². The van der Waals surface area contributed by atoms with Crippen LogP contribution in [0.5, 0.6) is 5.75 Å². The molecular formula is C30H28F3N7O2S. The summed E-state index contributed by atoms with van der Waals surface area (Å²) in [5, 5.41) is 9.08. The van der Waals surface area contributed by atoms with Gasteiger partial charge in [-0.3, -0.25) is 0 Å². The van der Waals surface area contributed by atoms with Crippen LogP contribution in [-0.2, 0) is 0 Å². The lowest BCUT2D eigenvalue weighted by Crippen LogP contribution is -2.27. The Morgan fingerprint density at radius 1 is 1.09 bits per heavy atom. The number of carbonyl (C=O) groups is 1. The maximum Gasteiger partial charge on any atom is 0.573 e. The van der Waals surface area contributed by atoms with Crippen LogP contribution in [-0.4, -0.2) is 50.8 Å². The van der Waals surface area contributed by atoms with Crippen LogP contribution >= 0.6 is 11.8 Å². The number of halogens is 3. The van der Waals surface area contributed by atoms with Gasteiger partial charge in [0.15, 0.2) is 11.0 Å². The van der Waals surface area contributed by atoms with Crippen molar-refractivity contribution in [3.8, 4) is 22.8 Å². The summed E-state index contributed by atoms with van der Waals surface area (Å²) in [4.78, 5) is 23.2. The molecule has 0 spiro atoms. The third-order valence-electron chi connectivity index (χ3n) is 6.44. The number of aromatic nitrogens is 3. The van der Waals surface area contributed by atoms with Gasteiger partial charge in [-0.2, -0.15) is 10.1 Å². The highest BCUT2D eigenvalue weighted by atomic mass is 32.2. The number of hydrogen-bond donors (Lipinski definition) is 1. The van der Waals surface area contributed by atoms with Gasteiger partial charge >= 0.3 is 12.4 Å². The van der Waals surface area contributed by atoms with Crippen molar-refractivity contribution in [2.75, 3.05) is 17.2 Å². The number of rotatable bonds is 7. The van der Waals surface area contributed by atoms with E-state index in [-0.39, 0.29) is 5.75 Å². The molecule has 43 heavy (non-hydrogen) atoms. The van der Waals surface area contributed by atoms with E-state index in [2.05, 4.69) is 67.3 Å². The topological polar surface area (TPSA) is 97.0 Å². The van der Waals surface area contributed by atoms with E-state index in [1.165, 1.54) is 58.8 Å². The van der Waals surface area contributed by atoms with Crippen LogP contribution in [0.1, 0.15) is 36.5 Å².